The van der Waals surface area contributed by atoms with Crippen molar-refractivity contribution in [1.82, 2.24) is 9.78 Å². The van der Waals surface area contributed by atoms with Gasteiger partial charge in [0.2, 0.25) is 0 Å². The summed E-state index contributed by atoms with van der Waals surface area (Å²) in [7, 11) is 1.90. The van der Waals surface area contributed by atoms with Gasteiger partial charge in [-0.25, -0.2) is 0 Å². The van der Waals surface area contributed by atoms with Crippen LogP contribution in [0, 0.1) is 12.8 Å². The first-order valence-electron chi connectivity index (χ1n) is 4.62. The fourth-order valence-electron chi connectivity index (χ4n) is 1.34. The van der Waals surface area contributed by atoms with Crippen LogP contribution in [0.15, 0.2) is 4.47 Å². The van der Waals surface area contributed by atoms with Gasteiger partial charge in [0.1, 0.15) is 5.78 Å². The molecule has 0 bridgehead atoms. The second-order valence-corrected chi connectivity index (χ2v) is 4.48. The van der Waals surface area contributed by atoms with Gasteiger partial charge in [-0.05, 0) is 36.2 Å². The molecule has 1 aromatic rings. The molecule has 0 N–H and O–H groups in total. The number of ketones is 1. The first-order valence-corrected chi connectivity index (χ1v) is 5.41. The fourth-order valence-corrected chi connectivity index (χ4v) is 1.83. The maximum Gasteiger partial charge on any atom is 0.133 e. The third-order valence-electron chi connectivity index (χ3n) is 2.46. The number of hydrogen-bond acceptors (Lipinski definition) is 2. The van der Waals surface area contributed by atoms with Gasteiger partial charge in [0, 0.05) is 13.0 Å². The number of aromatic nitrogens is 2. The Hall–Kier alpha value is -0.640. The summed E-state index contributed by atoms with van der Waals surface area (Å²) in [5, 5.41) is 4.28. The standard InChI is InChI=1S/C10H15BrN2O/c1-6(8(3)14)5-9-10(11)7(2)12-13(9)4/h6H,5H2,1-4H3. The minimum absolute atomic E-state index is 0.0566. The average molecular weight is 259 g/mol. The maximum atomic E-state index is 11.1. The number of carbonyl (C=O) groups is 1. The third kappa shape index (κ3) is 2.23. The van der Waals surface area contributed by atoms with Gasteiger partial charge in [-0.3, -0.25) is 9.48 Å². The lowest BCUT2D eigenvalue weighted by molar-refractivity contribution is -0.120. The molecule has 0 aliphatic rings. The Morgan fingerprint density at radius 1 is 1.64 bits per heavy atom. The molecule has 0 saturated heterocycles. The summed E-state index contributed by atoms with van der Waals surface area (Å²) in [5.41, 5.74) is 2.06. The third-order valence-corrected chi connectivity index (χ3v) is 3.49. The number of nitrogens with zero attached hydrogens (tertiary/aromatic N) is 2. The summed E-state index contributed by atoms with van der Waals surface area (Å²) in [5.74, 6) is 0.275. The summed E-state index contributed by atoms with van der Waals surface area (Å²) in [4.78, 5) is 11.1. The quantitative estimate of drug-likeness (QED) is 0.834. The predicted molar refractivity (Wildman–Crippen MR) is 59.2 cm³/mol. The molecule has 0 fully saturated rings. The van der Waals surface area contributed by atoms with E-state index >= 15 is 0 Å². The van der Waals surface area contributed by atoms with Gasteiger partial charge in [-0.15, -0.1) is 0 Å². The van der Waals surface area contributed by atoms with E-state index in [1.165, 1.54) is 0 Å². The van der Waals surface area contributed by atoms with Crippen LogP contribution in [0.5, 0.6) is 0 Å². The van der Waals surface area contributed by atoms with Crippen LogP contribution in [-0.2, 0) is 18.3 Å². The molecule has 1 aromatic heterocycles. The highest BCUT2D eigenvalue weighted by Gasteiger charge is 2.16. The van der Waals surface area contributed by atoms with Gasteiger partial charge >= 0.3 is 0 Å². The van der Waals surface area contributed by atoms with E-state index in [0.29, 0.717) is 0 Å². The molecule has 1 atom stereocenters. The molecule has 1 rings (SSSR count). The summed E-state index contributed by atoms with van der Waals surface area (Å²) in [6.45, 7) is 5.52. The van der Waals surface area contributed by atoms with Gasteiger partial charge in [0.25, 0.3) is 0 Å². The van der Waals surface area contributed by atoms with Crippen LogP contribution in [-0.4, -0.2) is 15.6 Å². The fraction of sp³-hybridized carbons (Fsp3) is 0.600. The Balaban J connectivity index is 2.91. The smallest absolute Gasteiger partial charge is 0.133 e. The lowest BCUT2D eigenvalue weighted by Gasteiger charge is -2.07. The normalized spacial score (nSPS) is 12.9. The van der Waals surface area contributed by atoms with Crippen molar-refractivity contribution < 1.29 is 4.79 Å². The zero-order valence-corrected chi connectivity index (χ0v) is 10.6. The van der Waals surface area contributed by atoms with E-state index in [2.05, 4.69) is 21.0 Å². The zero-order chi connectivity index (χ0) is 10.9. The predicted octanol–water partition coefficient (Wildman–Crippen LogP) is 2.26. The van der Waals surface area contributed by atoms with Crippen molar-refractivity contribution >= 4 is 21.7 Å². The number of carbonyl (C=O) groups excluding carboxylic acids is 1. The Kier molecular flexibility index (Phi) is 3.48. The molecule has 0 aliphatic carbocycles. The number of hydrogen-bond donors (Lipinski definition) is 0. The maximum absolute atomic E-state index is 11.1. The monoisotopic (exact) mass is 258 g/mol. The van der Waals surface area contributed by atoms with Gasteiger partial charge in [-0.1, -0.05) is 6.92 Å². The molecule has 0 radical (unpaired) electrons. The topological polar surface area (TPSA) is 34.9 Å². The van der Waals surface area contributed by atoms with Gasteiger partial charge < -0.3 is 0 Å². The molecule has 1 unspecified atom stereocenters. The molecule has 1 heterocycles. The summed E-state index contributed by atoms with van der Waals surface area (Å²) in [6, 6.07) is 0. The van der Waals surface area contributed by atoms with Crippen molar-refractivity contribution in [3.63, 3.8) is 0 Å². The van der Waals surface area contributed by atoms with E-state index in [0.717, 1.165) is 22.3 Å². The minimum atomic E-state index is 0.0566. The number of Topliss-reactive ketones (excluding diaryl/α,β-unsaturated/α-hetero) is 1. The zero-order valence-electron chi connectivity index (χ0n) is 8.97. The second kappa shape index (κ2) is 4.26. The molecule has 4 heteroatoms. The highest BCUT2D eigenvalue weighted by atomic mass is 79.9. The van der Waals surface area contributed by atoms with Crippen LogP contribution in [0.25, 0.3) is 0 Å². The first kappa shape index (κ1) is 11.4. The van der Waals surface area contributed by atoms with Gasteiger partial charge in [0.15, 0.2) is 0 Å². The van der Waals surface area contributed by atoms with Crippen molar-refractivity contribution in [2.24, 2.45) is 13.0 Å². The average Bonchev–Trinajstić information content (AvgIpc) is 2.32. The van der Waals surface area contributed by atoms with E-state index in [-0.39, 0.29) is 11.7 Å². The molecular weight excluding hydrogens is 244 g/mol. The van der Waals surface area contributed by atoms with Crippen molar-refractivity contribution in [1.29, 1.82) is 0 Å². The van der Waals surface area contributed by atoms with Crippen LogP contribution in [0.1, 0.15) is 25.2 Å². The lowest BCUT2D eigenvalue weighted by Crippen LogP contribution is -2.12. The van der Waals surface area contributed by atoms with Crippen LogP contribution in [0.2, 0.25) is 0 Å². The van der Waals surface area contributed by atoms with Gasteiger partial charge in [-0.2, -0.15) is 5.10 Å². The van der Waals surface area contributed by atoms with Crippen molar-refractivity contribution in [3.8, 4) is 0 Å². The molecule has 0 spiro atoms. The Bertz CT molecular complexity index is 357. The Morgan fingerprint density at radius 2 is 2.21 bits per heavy atom. The number of rotatable bonds is 3. The minimum Gasteiger partial charge on any atom is -0.300 e. The van der Waals surface area contributed by atoms with Crippen LogP contribution >= 0.6 is 15.9 Å². The van der Waals surface area contributed by atoms with E-state index < -0.39 is 0 Å². The number of aryl methyl sites for hydroxylation is 2. The van der Waals surface area contributed by atoms with Crippen LogP contribution < -0.4 is 0 Å². The molecule has 0 aliphatic heterocycles. The highest BCUT2D eigenvalue weighted by Crippen LogP contribution is 2.22. The second-order valence-electron chi connectivity index (χ2n) is 3.69. The molecule has 14 heavy (non-hydrogen) atoms. The van der Waals surface area contributed by atoms with E-state index in [1.807, 2.05) is 25.6 Å². The molecule has 78 valence electrons. The highest BCUT2D eigenvalue weighted by molar-refractivity contribution is 9.10. The Morgan fingerprint density at radius 3 is 2.57 bits per heavy atom. The first-order chi connectivity index (χ1) is 6.43. The lowest BCUT2D eigenvalue weighted by atomic mass is 10.0. The van der Waals surface area contributed by atoms with Crippen molar-refractivity contribution in [2.75, 3.05) is 0 Å². The Labute approximate surface area is 92.6 Å². The SMILES string of the molecule is CC(=O)C(C)Cc1c(Br)c(C)nn1C. The van der Waals surface area contributed by atoms with Gasteiger partial charge in [0.05, 0.1) is 15.9 Å². The molecule has 0 amide bonds. The van der Waals surface area contributed by atoms with Crippen LogP contribution in [0.4, 0.5) is 0 Å². The van der Waals surface area contributed by atoms with Crippen molar-refractivity contribution in [3.05, 3.63) is 15.9 Å². The van der Waals surface area contributed by atoms with E-state index in [9.17, 15) is 4.79 Å². The summed E-state index contributed by atoms with van der Waals surface area (Å²) in [6.07, 6.45) is 0.743. The molecular formula is C10H15BrN2O. The molecule has 0 aromatic carbocycles. The molecule has 3 nitrogen and oxygen atoms in total. The summed E-state index contributed by atoms with van der Waals surface area (Å²) < 4.78 is 2.85. The van der Waals surface area contributed by atoms with Crippen LogP contribution in [0.3, 0.4) is 0 Å². The van der Waals surface area contributed by atoms with Crippen molar-refractivity contribution in [2.45, 2.75) is 27.2 Å². The summed E-state index contributed by atoms with van der Waals surface area (Å²) >= 11 is 3.48. The largest absolute Gasteiger partial charge is 0.300 e. The van der Waals surface area contributed by atoms with E-state index in [1.54, 1.807) is 6.92 Å². The van der Waals surface area contributed by atoms with E-state index in [4.69, 9.17) is 0 Å². The molecule has 0 saturated carbocycles. The number of halogens is 1.